The highest BCUT2D eigenvalue weighted by molar-refractivity contribution is 5.86. The number of aryl methyl sites for hydroxylation is 1. The van der Waals surface area contributed by atoms with Crippen LogP contribution in [0.1, 0.15) is 166 Å². The zero-order chi connectivity index (χ0) is 43.6. The van der Waals surface area contributed by atoms with Crippen LogP contribution < -0.4 is 22.1 Å². The maximum Gasteiger partial charge on any atom is 0.190 e. The van der Waals surface area contributed by atoms with Gasteiger partial charge in [-0.15, -0.1) is 0 Å². The molecule has 0 unspecified atom stereocenters. The molecular weight excluding hydrogens is 785 g/mol. The van der Waals surface area contributed by atoms with Gasteiger partial charge in [0.25, 0.3) is 0 Å². The topological polar surface area (TPSA) is 167 Å². The first-order valence-electron chi connectivity index (χ1n) is 25.7. The summed E-state index contributed by atoms with van der Waals surface area (Å²) in [6, 6.07) is 4.54. The Morgan fingerprint density at radius 1 is 0.905 bits per heavy atom. The van der Waals surface area contributed by atoms with Crippen LogP contribution in [-0.4, -0.2) is 64.8 Å². The molecule has 8 N–H and O–H groups in total. The van der Waals surface area contributed by atoms with Crippen molar-refractivity contribution in [1.29, 1.82) is 0 Å². The highest BCUT2D eigenvalue weighted by Gasteiger charge is 2.68. The van der Waals surface area contributed by atoms with E-state index >= 15 is 0 Å². The fourth-order valence-electron chi connectivity index (χ4n) is 16.2. The van der Waals surface area contributed by atoms with Crippen LogP contribution in [0.25, 0.3) is 10.8 Å². The van der Waals surface area contributed by atoms with Crippen LogP contribution in [0.3, 0.4) is 0 Å². The van der Waals surface area contributed by atoms with E-state index in [1.165, 1.54) is 92.7 Å². The zero-order valence-electron chi connectivity index (χ0n) is 38.7. The number of hydrogen-bond acceptors (Lipinski definition) is 6. The summed E-state index contributed by atoms with van der Waals surface area (Å²) >= 11 is 0. The highest BCUT2D eigenvalue weighted by Crippen LogP contribution is 2.72. The second-order valence-corrected chi connectivity index (χ2v) is 23.0. The van der Waals surface area contributed by atoms with Crippen molar-refractivity contribution in [3.05, 3.63) is 47.9 Å². The number of aliphatic imine (C=N–C) groups is 2. The molecule has 6 saturated carbocycles. The van der Waals surface area contributed by atoms with Crippen molar-refractivity contribution in [2.45, 2.75) is 203 Å². The number of furan rings is 1. The minimum Gasteiger partial charge on any atom is -0.471 e. The maximum absolute atomic E-state index is 11.4. The van der Waals surface area contributed by atoms with Crippen molar-refractivity contribution < 1.29 is 19.4 Å². The fraction of sp³-hybridized carbons (Fsp3) is 0.774. The number of hydrogen-bond donors (Lipinski definition) is 6. The molecule has 1 aromatic heterocycles. The van der Waals surface area contributed by atoms with E-state index in [0.717, 1.165) is 94.8 Å². The number of nitrogens with one attached hydrogen (secondary N) is 2. The highest BCUT2D eigenvalue weighted by atomic mass is 16.6. The number of allylic oxidation sites excluding steroid dienone is 1. The quantitative estimate of drug-likeness (QED) is 0.0363. The third kappa shape index (κ3) is 8.38. The van der Waals surface area contributed by atoms with E-state index in [1.807, 2.05) is 12.5 Å². The predicted molar refractivity (Wildman–Crippen MR) is 252 cm³/mol. The van der Waals surface area contributed by atoms with Gasteiger partial charge in [-0.3, -0.25) is 4.99 Å². The molecule has 0 amide bonds. The fourth-order valence-corrected chi connectivity index (χ4v) is 16.2. The van der Waals surface area contributed by atoms with E-state index < -0.39 is 5.60 Å². The van der Waals surface area contributed by atoms with Gasteiger partial charge in [-0.1, -0.05) is 43.5 Å². The van der Waals surface area contributed by atoms with Crippen LogP contribution in [0.2, 0.25) is 0 Å². The number of aliphatic hydroxyl groups is 2. The summed E-state index contributed by atoms with van der Waals surface area (Å²) in [5.74, 6) is 4.57. The van der Waals surface area contributed by atoms with Gasteiger partial charge in [0.15, 0.2) is 11.9 Å². The van der Waals surface area contributed by atoms with Crippen molar-refractivity contribution in [3.8, 4) is 0 Å². The number of benzene rings is 1. The van der Waals surface area contributed by atoms with Crippen LogP contribution in [-0.2, 0) is 17.6 Å². The Hall–Kier alpha value is -3.08. The van der Waals surface area contributed by atoms with Crippen LogP contribution in [0, 0.1) is 46.3 Å². The molecular formula is C53H80N6O4. The molecule has 2 aromatic rings. The molecule has 10 heteroatoms. The molecule has 346 valence electrons. The molecule has 2 heterocycles. The van der Waals surface area contributed by atoms with E-state index in [9.17, 15) is 10.2 Å². The second-order valence-electron chi connectivity index (χ2n) is 23.0. The number of ether oxygens (including phenoxy) is 1. The number of guanidine groups is 2. The summed E-state index contributed by atoms with van der Waals surface area (Å²) in [7, 11) is 1.75. The first-order chi connectivity index (χ1) is 30.4. The Balaban J connectivity index is 0.853. The van der Waals surface area contributed by atoms with Gasteiger partial charge in [0.2, 0.25) is 0 Å². The van der Waals surface area contributed by atoms with Crippen molar-refractivity contribution >= 4 is 22.7 Å². The first kappa shape index (κ1) is 43.8. The van der Waals surface area contributed by atoms with Gasteiger partial charge >= 0.3 is 0 Å². The van der Waals surface area contributed by atoms with Crippen molar-refractivity contribution in [2.75, 3.05) is 7.05 Å². The number of fused-ring (bicyclic) bond motifs is 6. The van der Waals surface area contributed by atoms with E-state index in [2.05, 4.69) is 34.7 Å². The van der Waals surface area contributed by atoms with Crippen LogP contribution in [0.15, 0.2) is 51.2 Å². The molecule has 0 bridgehead atoms. The SMILES string of the molecule is C=C1C[C@@]2(CC[C@@H](CC[C@@]3(O)CCC[C@H](O)C3)C2)[C@@H]2O[C@]2(C)CC[C@@H]2[C@@H]1C[C@]2(C1CCCCC1)[C@@H]1CC[C@H]([C@H](NC(N)=NC)NC(N)=N[C@@H]2CCCc3ccc4cocc4c3C2)C1. The lowest BCUT2D eigenvalue weighted by molar-refractivity contribution is -0.139. The molecule has 1 saturated heterocycles. The van der Waals surface area contributed by atoms with Crippen molar-refractivity contribution in [2.24, 2.45) is 67.8 Å². The normalized spacial score (nSPS) is 41.7. The van der Waals surface area contributed by atoms with Gasteiger partial charge in [-0.2, -0.15) is 0 Å². The Bertz CT molecular complexity index is 2040. The summed E-state index contributed by atoms with van der Waals surface area (Å²) in [6.45, 7) is 7.47. The minimum atomic E-state index is -0.694. The van der Waals surface area contributed by atoms with Gasteiger partial charge in [0.05, 0.1) is 42.0 Å². The largest absolute Gasteiger partial charge is 0.471 e. The van der Waals surface area contributed by atoms with Crippen LogP contribution in [0.5, 0.6) is 0 Å². The van der Waals surface area contributed by atoms with Crippen molar-refractivity contribution in [3.63, 3.8) is 0 Å². The molecule has 1 aliphatic heterocycles. The monoisotopic (exact) mass is 865 g/mol. The zero-order valence-corrected chi connectivity index (χ0v) is 38.7. The molecule has 10 nitrogen and oxygen atoms in total. The third-order valence-corrected chi connectivity index (χ3v) is 19.3. The molecule has 10 rings (SSSR count). The van der Waals surface area contributed by atoms with Gasteiger partial charge in [-0.25, -0.2) is 4.99 Å². The Morgan fingerprint density at radius 3 is 2.57 bits per heavy atom. The summed E-state index contributed by atoms with van der Waals surface area (Å²) < 4.78 is 12.5. The molecule has 8 aliphatic rings. The average Bonchev–Trinajstić information content (AvgIpc) is 3.63. The lowest BCUT2D eigenvalue weighted by atomic mass is 9.40. The Labute approximate surface area is 377 Å². The second kappa shape index (κ2) is 17.3. The van der Waals surface area contributed by atoms with Crippen molar-refractivity contribution in [1.82, 2.24) is 10.6 Å². The number of nitrogens with zero attached hydrogens (tertiary/aromatic N) is 2. The van der Waals surface area contributed by atoms with E-state index in [-0.39, 0.29) is 29.3 Å². The van der Waals surface area contributed by atoms with Crippen LogP contribution in [0.4, 0.5) is 0 Å². The molecule has 7 fully saturated rings. The molecule has 0 radical (unpaired) electrons. The standard InChI is InChI=1S/C53H80N6O4/c1-33-27-51(23-18-34(28-51)19-24-52(61)21-8-13-41(60)29-52)47-50(2,63-47)22-20-45-43(33)30-53(45,38-10-5-4-6-11-38)39-17-16-36(25-39)46(58-48(54)56-3)59-49(55)57-40-12-7-9-35-14-15-37-31-62-32-44(37)42(35)26-40/h14-15,31-32,34,36,38-41,43,45-47,60-61H,1,4-13,16-30H2,2-3H3,(H3,54,56,58)(H3,55,57,59)/t34-,36-,39+,40+,41-,43+,45+,46+,47+,50+,51+,52-,53-/m0/s1. The van der Waals surface area contributed by atoms with E-state index in [0.29, 0.717) is 59.4 Å². The Morgan fingerprint density at radius 2 is 1.75 bits per heavy atom. The smallest absolute Gasteiger partial charge is 0.190 e. The molecule has 7 aliphatic carbocycles. The van der Waals surface area contributed by atoms with Gasteiger partial charge in [-0.05, 0) is 194 Å². The summed E-state index contributed by atoms with van der Waals surface area (Å²) in [5, 5.41) is 31.4. The lowest BCUT2D eigenvalue weighted by Gasteiger charge is -2.64. The molecule has 13 atom stereocenters. The number of nitrogens with two attached hydrogens (primary N) is 2. The summed E-state index contributed by atoms with van der Waals surface area (Å²) in [4.78, 5) is 9.51. The molecule has 63 heavy (non-hydrogen) atoms. The van der Waals surface area contributed by atoms with E-state index in [1.54, 1.807) is 7.05 Å². The van der Waals surface area contributed by atoms with Gasteiger partial charge in [0, 0.05) is 29.7 Å². The molecule has 1 spiro atoms. The summed E-state index contributed by atoms with van der Waals surface area (Å²) in [6.07, 6.45) is 31.4. The third-order valence-electron chi connectivity index (χ3n) is 19.3. The minimum absolute atomic E-state index is 0.0430. The van der Waals surface area contributed by atoms with Crippen LogP contribution >= 0.6 is 0 Å². The summed E-state index contributed by atoms with van der Waals surface area (Å²) in [5.41, 5.74) is 17.4. The van der Waals surface area contributed by atoms with Gasteiger partial charge < -0.3 is 41.5 Å². The average molecular weight is 865 g/mol. The van der Waals surface area contributed by atoms with E-state index in [4.69, 9.17) is 32.2 Å². The first-order valence-corrected chi connectivity index (χ1v) is 25.7. The molecule has 1 aromatic carbocycles. The maximum atomic E-state index is 11.4. The number of aliphatic hydroxyl groups excluding tert-OH is 1. The number of rotatable bonds is 9. The lowest BCUT2D eigenvalue weighted by Crippen LogP contribution is -2.58. The number of epoxide rings is 1. The van der Waals surface area contributed by atoms with Gasteiger partial charge in [0.1, 0.15) is 6.17 Å². The Kier molecular flexibility index (Phi) is 12.0. The predicted octanol–water partition coefficient (Wildman–Crippen LogP) is 9.19.